The molecule has 2 aliphatic rings. The summed E-state index contributed by atoms with van der Waals surface area (Å²) >= 11 is 0. The lowest BCUT2D eigenvalue weighted by molar-refractivity contribution is -0.154. The maximum absolute atomic E-state index is 13.2. The average molecular weight is 468 g/mol. The number of rotatable bonds is 5. The number of halogens is 4. The highest BCUT2D eigenvalue weighted by Crippen LogP contribution is 2.31. The third-order valence-electron chi connectivity index (χ3n) is 5.65. The van der Waals surface area contributed by atoms with Crippen LogP contribution in [0.5, 0.6) is 0 Å². The first-order chi connectivity index (χ1) is 14.5. The van der Waals surface area contributed by atoms with Gasteiger partial charge in [0.25, 0.3) is 16.1 Å². The lowest BCUT2D eigenvalue weighted by Gasteiger charge is -2.42. The predicted molar refractivity (Wildman–Crippen MR) is 102 cm³/mol. The lowest BCUT2D eigenvalue weighted by atomic mass is 9.90. The van der Waals surface area contributed by atoms with E-state index in [1.165, 1.54) is 21.9 Å². The highest BCUT2D eigenvalue weighted by atomic mass is 32.2. The Balaban J connectivity index is 1.69. The fourth-order valence-corrected chi connectivity index (χ4v) is 5.85. The first-order valence-corrected chi connectivity index (χ1v) is 11.2. The Morgan fingerprint density at radius 3 is 2.26 bits per heavy atom. The van der Waals surface area contributed by atoms with Crippen LogP contribution < -0.4 is 5.48 Å². The molecule has 1 aromatic rings. The zero-order chi connectivity index (χ0) is 22.8. The monoisotopic (exact) mass is 468 g/mol. The summed E-state index contributed by atoms with van der Waals surface area (Å²) in [6.07, 6.45) is -3.53. The van der Waals surface area contributed by atoms with E-state index in [0.717, 1.165) is 14.8 Å². The maximum Gasteiger partial charge on any atom is 0.401 e. The number of carbonyl (C=O) groups is 1. The Labute approximate surface area is 177 Å². The third kappa shape index (κ3) is 5.71. The van der Waals surface area contributed by atoms with Crippen LogP contribution in [-0.4, -0.2) is 84.5 Å². The summed E-state index contributed by atoms with van der Waals surface area (Å²) in [5.41, 5.74) is 2.25. The molecular weight excluding hydrogens is 444 g/mol. The van der Waals surface area contributed by atoms with Crippen molar-refractivity contribution in [3.8, 4) is 0 Å². The molecule has 0 radical (unpaired) electrons. The molecule has 1 amide bonds. The van der Waals surface area contributed by atoms with Gasteiger partial charge in [-0.15, -0.1) is 0 Å². The highest BCUT2D eigenvalue weighted by molar-refractivity contribution is 7.86. The maximum atomic E-state index is 13.2. The zero-order valence-electron chi connectivity index (χ0n) is 16.6. The zero-order valence-corrected chi connectivity index (χ0v) is 17.4. The van der Waals surface area contributed by atoms with Crippen molar-refractivity contribution in [1.82, 2.24) is 19.0 Å². The number of nitrogens with zero attached hydrogens (tertiary/aromatic N) is 3. The molecule has 0 bridgehead atoms. The SMILES string of the molecule is O=C(NO)[C@H]1CN(CC(F)(F)F)CCN1S(=O)(=O)N1CCC(c2ccc(F)cc2)CC1. The van der Waals surface area contributed by atoms with Crippen LogP contribution in [0.25, 0.3) is 0 Å². The number of carbonyl (C=O) groups excluding carboxylic acids is 1. The van der Waals surface area contributed by atoms with Gasteiger partial charge in [-0.3, -0.25) is 14.9 Å². The number of alkyl halides is 3. The van der Waals surface area contributed by atoms with Gasteiger partial charge in [-0.05, 0) is 36.5 Å². The summed E-state index contributed by atoms with van der Waals surface area (Å²) in [6, 6.07) is 4.52. The molecule has 31 heavy (non-hydrogen) atoms. The van der Waals surface area contributed by atoms with Crippen LogP contribution in [0, 0.1) is 5.82 Å². The van der Waals surface area contributed by atoms with Crippen molar-refractivity contribution in [3.63, 3.8) is 0 Å². The second-order valence-electron chi connectivity index (χ2n) is 7.69. The van der Waals surface area contributed by atoms with E-state index >= 15 is 0 Å². The van der Waals surface area contributed by atoms with Gasteiger partial charge in [0.15, 0.2) is 0 Å². The van der Waals surface area contributed by atoms with Crippen LogP contribution in [0.15, 0.2) is 24.3 Å². The number of nitrogens with one attached hydrogen (secondary N) is 1. The Bertz CT molecular complexity index is 874. The average Bonchev–Trinajstić information content (AvgIpc) is 2.72. The number of hydrogen-bond donors (Lipinski definition) is 2. The topological polar surface area (TPSA) is 93.2 Å². The van der Waals surface area contributed by atoms with Crippen LogP contribution >= 0.6 is 0 Å². The Hall–Kier alpha value is -1.80. The minimum absolute atomic E-state index is 0.0484. The molecular formula is C18H24F4N4O4S. The molecule has 0 saturated carbocycles. The van der Waals surface area contributed by atoms with E-state index in [1.807, 2.05) is 0 Å². The van der Waals surface area contributed by atoms with E-state index < -0.39 is 41.4 Å². The number of piperidine rings is 1. The number of amides is 1. The van der Waals surface area contributed by atoms with Crippen molar-refractivity contribution in [2.24, 2.45) is 0 Å². The Kier molecular flexibility index (Phi) is 7.21. The number of hydrogen-bond acceptors (Lipinski definition) is 5. The Morgan fingerprint density at radius 1 is 1.10 bits per heavy atom. The minimum Gasteiger partial charge on any atom is -0.292 e. The Morgan fingerprint density at radius 2 is 1.71 bits per heavy atom. The molecule has 0 aliphatic carbocycles. The molecule has 8 nitrogen and oxygen atoms in total. The second-order valence-corrected chi connectivity index (χ2v) is 9.57. The molecule has 2 fully saturated rings. The molecule has 174 valence electrons. The van der Waals surface area contributed by atoms with Crippen molar-refractivity contribution in [2.75, 3.05) is 39.3 Å². The molecule has 1 atom stereocenters. The largest absolute Gasteiger partial charge is 0.401 e. The smallest absolute Gasteiger partial charge is 0.292 e. The van der Waals surface area contributed by atoms with Crippen molar-refractivity contribution in [2.45, 2.75) is 31.0 Å². The molecule has 2 N–H and O–H groups in total. The summed E-state index contributed by atoms with van der Waals surface area (Å²) in [4.78, 5) is 13.0. The van der Waals surface area contributed by atoms with Crippen molar-refractivity contribution >= 4 is 16.1 Å². The van der Waals surface area contributed by atoms with Gasteiger partial charge in [0.1, 0.15) is 11.9 Å². The molecule has 0 spiro atoms. The van der Waals surface area contributed by atoms with Gasteiger partial charge in [-0.25, -0.2) is 9.87 Å². The van der Waals surface area contributed by atoms with E-state index in [9.17, 15) is 30.8 Å². The van der Waals surface area contributed by atoms with Crippen LogP contribution in [0.3, 0.4) is 0 Å². The summed E-state index contributed by atoms with van der Waals surface area (Å²) in [5.74, 6) is -1.40. The highest BCUT2D eigenvalue weighted by Gasteiger charge is 2.44. The third-order valence-corrected chi connectivity index (χ3v) is 7.70. The molecule has 2 heterocycles. The van der Waals surface area contributed by atoms with Gasteiger partial charge in [-0.2, -0.15) is 30.2 Å². The first-order valence-electron chi connectivity index (χ1n) is 9.76. The fourth-order valence-electron chi connectivity index (χ4n) is 4.09. The molecule has 0 aromatic heterocycles. The number of piperazine rings is 1. The van der Waals surface area contributed by atoms with Gasteiger partial charge >= 0.3 is 6.18 Å². The van der Waals surface area contributed by atoms with Gasteiger partial charge in [-0.1, -0.05) is 12.1 Å². The van der Waals surface area contributed by atoms with E-state index in [2.05, 4.69) is 0 Å². The standard InChI is InChI=1S/C18H24F4N4O4S/c19-15-3-1-13(2-4-15)14-5-7-25(8-6-14)31(29,30)26-10-9-24(12-18(20,21)22)11-16(26)17(27)23-28/h1-4,14,16,28H,5-12H2,(H,23,27)/t16-/m1/s1. The van der Waals surface area contributed by atoms with Crippen LogP contribution in [-0.2, 0) is 15.0 Å². The van der Waals surface area contributed by atoms with Crippen molar-refractivity contribution in [3.05, 3.63) is 35.6 Å². The summed E-state index contributed by atoms with van der Waals surface area (Å²) in [6.45, 7) is -1.97. The second kappa shape index (κ2) is 9.36. The van der Waals surface area contributed by atoms with E-state index in [1.54, 1.807) is 12.1 Å². The molecule has 13 heteroatoms. The van der Waals surface area contributed by atoms with E-state index in [4.69, 9.17) is 5.21 Å². The van der Waals surface area contributed by atoms with Gasteiger partial charge < -0.3 is 0 Å². The molecule has 2 saturated heterocycles. The van der Waals surface area contributed by atoms with Crippen LogP contribution in [0.2, 0.25) is 0 Å². The van der Waals surface area contributed by atoms with Crippen LogP contribution in [0.4, 0.5) is 17.6 Å². The van der Waals surface area contributed by atoms with E-state index in [0.29, 0.717) is 12.8 Å². The lowest BCUT2D eigenvalue weighted by Crippen LogP contribution is -2.63. The van der Waals surface area contributed by atoms with Gasteiger partial charge in [0.2, 0.25) is 0 Å². The molecule has 3 rings (SSSR count). The quantitative estimate of drug-likeness (QED) is 0.386. The normalized spacial score (nSPS) is 23.1. The number of hydroxylamine groups is 1. The molecule has 0 unspecified atom stereocenters. The molecule has 2 aliphatic heterocycles. The van der Waals surface area contributed by atoms with Crippen molar-refractivity contribution in [1.29, 1.82) is 0 Å². The number of benzene rings is 1. The summed E-state index contributed by atoms with van der Waals surface area (Å²) in [5, 5.41) is 8.98. The van der Waals surface area contributed by atoms with Gasteiger partial charge in [0.05, 0.1) is 6.54 Å². The predicted octanol–water partition coefficient (Wildman–Crippen LogP) is 1.30. The fraction of sp³-hybridized carbons (Fsp3) is 0.611. The summed E-state index contributed by atoms with van der Waals surface area (Å²) in [7, 11) is -4.14. The van der Waals surface area contributed by atoms with Crippen molar-refractivity contribution < 1.29 is 36.0 Å². The minimum atomic E-state index is -4.50. The molecule has 1 aromatic carbocycles. The van der Waals surface area contributed by atoms with E-state index in [-0.39, 0.29) is 37.9 Å². The summed E-state index contributed by atoms with van der Waals surface area (Å²) < 4.78 is 79.6. The van der Waals surface area contributed by atoms with Gasteiger partial charge in [0, 0.05) is 32.7 Å². The first kappa shape index (κ1) is 23.9. The van der Waals surface area contributed by atoms with Crippen LogP contribution in [0.1, 0.15) is 24.3 Å².